The summed E-state index contributed by atoms with van der Waals surface area (Å²) in [6, 6.07) is 3.54. The van der Waals surface area contributed by atoms with Crippen molar-refractivity contribution >= 4 is 0 Å². The maximum absolute atomic E-state index is 9.17. The molecule has 0 radical (unpaired) electrons. The Kier molecular flexibility index (Phi) is 3.12. The first-order valence-corrected chi connectivity index (χ1v) is 5.55. The molecular weight excluding hydrogens is 204 g/mol. The van der Waals surface area contributed by atoms with Gasteiger partial charge in [0.2, 0.25) is 0 Å². The van der Waals surface area contributed by atoms with E-state index in [1.54, 1.807) is 6.07 Å². The van der Waals surface area contributed by atoms with Crippen LogP contribution in [0.4, 0.5) is 0 Å². The number of hydrogen-bond donors (Lipinski definition) is 1. The van der Waals surface area contributed by atoms with Gasteiger partial charge in [0.15, 0.2) is 0 Å². The van der Waals surface area contributed by atoms with E-state index < -0.39 is 0 Å². The second-order valence-corrected chi connectivity index (χ2v) is 4.79. The zero-order valence-electron chi connectivity index (χ0n) is 9.81. The first-order chi connectivity index (χ1) is 7.58. The second kappa shape index (κ2) is 4.39. The van der Waals surface area contributed by atoms with Crippen LogP contribution in [-0.2, 0) is 11.3 Å². The molecule has 2 heterocycles. The zero-order chi connectivity index (χ0) is 11.6. The topological polar surface area (TPSA) is 45.6 Å². The van der Waals surface area contributed by atoms with Gasteiger partial charge in [0.1, 0.15) is 5.75 Å². The molecule has 0 amide bonds. The van der Waals surface area contributed by atoms with Gasteiger partial charge < -0.3 is 9.84 Å². The fourth-order valence-corrected chi connectivity index (χ4v) is 1.89. The number of ether oxygens (including phenoxy) is 1. The number of rotatable bonds is 2. The van der Waals surface area contributed by atoms with Crippen LogP contribution in [0.2, 0.25) is 0 Å². The summed E-state index contributed by atoms with van der Waals surface area (Å²) in [5.41, 5.74) is 1.03. The lowest BCUT2D eigenvalue weighted by Crippen LogP contribution is -2.52. The lowest BCUT2D eigenvalue weighted by Gasteiger charge is -2.41. The van der Waals surface area contributed by atoms with E-state index in [-0.39, 0.29) is 11.3 Å². The highest BCUT2D eigenvalue weighted by Crippen LogP contribution is 2.21. The molecule has 0 aromatic carbocycles. The summed E-state index contributed by atoms with van der Waals surface area (Å²) in [6.45, 7) is 7.61. The third-order valence-electron chi connectivity index (χ3n) is 2.98. The molecule has 0 aliphatic carbocycles. The van der Waals surface area contributed by atoms with Crippen molar-refractivity contribution in [3.8, 4) is 5.75 Å². The maximum atomic E-state index is 9.17. The normalized spacial score (nSPS) is 20.9. The van der Waals surface area contributed by atoms with Gasteiger partial charge >= 0.3 is 0 Å². The minimum Gasteiger partial charge on any atom is -0.506 e. The first kappa shape index (κ1) is 11.4. The summed E-state index contributed by atoms with van der Waals surface area (Å²) < 4.78 is 5.47. The van der Waals surface area contributed by atoms with Gasteiger partial charge in [-0.2, -0.15) is 0 Å². The molecule has 0 saturated carbocycles. The van der Waals surface area contributed by atoms with Crippen LogP contribution in [0.15, 0.2) is 18.3 Å². The highest BCUT2D eigenvalue weighted by atomic mass is 16.5. The number of nitrogens with zero attached hydrogens (tertiary/aromatic N) is 2. The summed E-state index contributed by atoms with van der Waals surface area (Å²) in [5.74, 6) is 0.213. The number of hydrogen-bond acceptors (Lipinski definition) is 4. The van der Waals surface area contributed by atoms with Gasteiger partial charge in [0.25, 0.3) is 0 Å². The van der Waals surface area contributed by atoms with Gasteiger partial charge in [0.05, 0.1) is 25.1 Å². The minimum absolute atomic E-state index is 0.0534. The molecule has 4 nitrogen and oxygen atoms in total. The molecule has 1 saturated heterocycles. The van der Waals surface area contributed by atoms with Gasteiger partial charge in [-0.1, -0.05) is 0 Å². The van der Waals surface area contributed by atoms with Crippen molar-refractivity contribution in [2.75, 3.05) is 19.8 Å². The Labute approximate surface area is 95.9 Å². The Bertz CT molecular complexity index is 349. The quantitative estimate of drug-likeness (QED) is 0.821. The molecule has 1 fully saturated rings. The van der Waals surface area contributed by atoms with Crippen molar-refractivity contribution in [1.82, 2.24) is 9.88 Å². The van der Waals surface area contributed by atoms with E-state index in [9.17, 15) is 0 Å². The van der Waals surface area contributed by atoms with Gasteiger partial charge in [-0.25, -0.2) is 0 Å². The van der Waals surface area contributed by atoms with Gasteiger partial charge in [-0.15, -0.1) is 0 Å². The van der Waals surface area contributed by atoms with Crippen molar-refractivity contribution in [2.24, 2.45) is 0 Å². The van der Waals surface area contributed by atoms with Crippen LogP contribution in [0.3, 0.4) is 0 Å². The Morgan fingerprint density at radius 3 is 2.94 bits per heavy atom. The number of morpholine rings is 1. The van der Waals surface area contributed by atoms with Crippen LogP contribution in [0, 0.1) is 0 Å². The summed E-state index contributed by atoms with van der Waals surface area (Å²) in [5, 5.41) is 9.17. The molecule has 1 N–H and O–H groups in total. The summed E-state index contributed by atoms with van der Waals surface area (Å²) >= 11 is 0. The van der Waals surface area contributed by atoms with Crippen molar-refractivity contribution in [3.63, 3.8) is 0 Å². The predicted molar refractivity (Wildman–Crippen MR) is 61.2 cm³/mol. The van der Waals surface area contributed by atoms with E-state index in [4.69, 9.17) is 9.84 Å². The highest BCUT2D eigenvalue weighted by Gasteiger charge is 2.30. The molecule has 1 aliphatic rings. The Hall–Kier alpha value is -1.13. The predicted octanol–water partition coefficient (Wildman–Crippen LogP) is 1.40. The zero-order valence-corrected chi connectivity index (χ0v) is 9.81. The van der Waals surface area contributed by atoms with E-state index >= 15 is 0 Å². The Morgan fingerprint density at radius 2 is 2.31 bits per heavy atom. The van der Waals surface area contributed by atoms with Gasteiger partial charge in [0, 0.05) is 18.6 Å². The van der Waals surface area contributed by atoms with Crippen molar-refractivity contribution in [1.29, 1.82) is 0 Å². The molecule has 1 aliphatic heterocycles. The summed E-state index contributed by atoms with van der Waals surface area (Å²) in [4.78, 5) is 6.56. The average molecular weight is 222 g/mol. The molecule has 1 aromatic heterocycles. The molecule has 2 rings (SSSR count). The first-order valence-electron chi connectivity index (χ1n) is 5.55. The van der Waals surface area contributed by atoms with Crippen LogP contribution < -0.4 is 0 Å². The molecule has 4 heteroatoms. The fraction of sp³-hybridized carbons (Fsp3) is 0.583. The molecular formula is C12H18N2O2. The van der Waals surface area contributed by atoms with Crippen molar-refractivity contribution in [3.05, 3.63) is 24.0 Å². The second-order valence-electron chi connectivity index (χ2n) is 4.79. The summed E-state index contributed by atoms with van der Waals surface area (Å²) in [6.07, 6.45) is 1.49. The Morgan fingerprint density at radius 1 is 1.50 bits per heavy atom. The Balaban J connectivity index is 2.05. The third kappa shape index (κ3) is 2.51. The molecule has 0 unspecified atom stereocenters. The molecule has 0 atom stereocenters. The monoisotopic (exact) mass is 222 g/mol. The molecule has 1 aromatic rings. The number of aromatic nitrogens is 1. The van der Waals surface area contributed by atoms with Crippen LogP contribution in [0.25, 0.3) is 0 Å². The van der Waals surface area contributed by atoms with Crippen LogP contribution in [0.5, 0.6) is 5.75 Å². The van der Waals surface area contributed by atoms with E-state index in [0.717, 1.165) is 32.0 Å². The summed E-state index contributed by atoms with van der Waals surface area (Å²) in [7, 11) is 0. The maximum Gasteiger partial charge on any atom is 0.133 e. The third-order valence-corrected chi connectivity index (χ3v) is 2.98. The molecule has 0 spiro atoms. The van der Waals surface area contributed by atoms with Gasteiger partial charge in [-0.05, 0) is 26.0 Å². The average Bonchev–Trinajstić information content (AvgIpc) is 2.24. The highest BCUT2D eigenvalue weighted by molar-refractivity contribution is 5.18. The van der Waals surface area contributed by atoms with E-state index in [2.05, 4.69) is 23.7 Å². The van der Waals surface area contributed by atoms with Gasteiger partial charge in [-0.3, -0.25) is 9.88 Å². The fourth-order valence-electron chi connectivity index (χ4n) is 1.89. The van der Waals surface area contributed by atoms with E-state index in [1.807, 2.05) is 6.07 Å². The SMILES string of the molecule is CC1(C)COCCN1Cc1ccc(O)cn1. The van der Waals surface area contributed by atoms with Crippen molar-refractivity contribution < 1.29 is 9.84 Å². The standard InChI is InChI=1S/C12H18N2O2/c1-12(2)9-16-6-5-14(12)8-10-3-4-11(15)7-13-10/h3-4,7,15H,5-6,8-9H2,1-2H3. The smallest absolute Gasteiger partial charge is 0.133 e. The van der Waals surface area contributed by atoms with Crippen LogP contribution in [-0.4, -0.2) is 40.3 Å². The van der Waals surface area contributed by atoms with Crippen molar-refractivity contribution in [2.45, 2.75) is 25.9 Å². The van der Waals surface area contributed by atoms with Crippen LogP contribution in [0.1, 0.15) is 19.5 Å². The minimum atomic E-state index is 0.0534. The van der Waals surface area contributed by atoms with E-state index in [1.165, 1.54) is 6.20 Å². The molecule has 88 valence electrons. The van der Waals surface area contributed by atoms with Crippen LogP contribution >= 0.6 is 0 Å². The lowest BCUT2D eigenvalue weighted by atomic mass is 10.0. The van der Waals surface area contributed by atoms with E-state index in [0.29, 0.717) is 0 Å². The lowest BCUT2D eigenvalue weighted by molar-refractivity contribution is -0.0557. The largest absolute Gasteiger partial charge is 0.506 e. The number of pyridine rings is 1. The molecule has 16 heavy (non-hydrogen) atoms. The molecule has 0 bridgehead atoms. The number of aromatic hydroxyl groups is 1.